The van der Waals surface area contributed by atoms with E-state index < -0.39 is 0 Å². The van der Waals surface area contributed by atoms with Gasteiger partial charge in [-0.25, -0.2) is 4.98 Å². The summed E-state index contributed by atoms with van der Waals surface area (Å²) in [7, 11) is 0. The summed E-state index contributed by atoms with van der Waals surface area (Å²) < 4.78 is 3.39. The van der Waals surface area contributed by atoms with Gasteiger partial charge in [-0.15, -0.1) is 0 Å². The summed E-state index contributed by atoms with van der Waals surface area (Å²) in [6, 6.07) is 4.29. The van der Waals surface area contributed by atoms with Crippen molar-refractivity contribution in [2.45, 2.75) is 19.4 Å². The lowest BCUT2D eigenvalue weighted by atomic mass is 10.1. The smallest absolute Gasteiger partial charge is 0.0958 e. The Morgan fingerprint density at radius 1 is 1.38 bits per heavy atom. The number of imidazole rings is 1. The fourth-order valence-electron chi connectivity index (χ4n) is 2.06. The lowest BCUT2D eigenvalue weighted by molar-refractivity contribution is 0.632. The molecule has 0 radical (unpaired) electrons. The van der Waals surface area contributed by atoms with Crippen LogP contribution in [0.25, 0.3) is 11.0 Å². The highest BCUT2D eigenvalue weighted by Crippen LogP contribution is 2.27. The van der Waals surface area contributed by atoms with Gasteiger partial charge in [0, 0.05) is 11.0 Å². The molecule has 0 atom stereocenters. The van der Waals surface area contributed by atoms with Crippen molar-refractivity contribution in [3.8, 4) is 0 Å². The molecule has 2 nitrogen and oxygen atoms in total. The number of hydrogen-bond acceptors (Lipinski definition) is 1. The Morgan fingerprint density at radius 2 is 2.31 bits per heavy atom. The van der Waals surface area contributed by atoms with Gasteiger partial charge in [0.15, 0.2) is 0 Å². The van der Waals surface area contributed by atoms with E-state index in [4.69, 9.17) is 0 Å². The topological polar surface area (TPSA) is 17.8 Å². The van der Waals surface area contributed by atoms with Crippen LogP contribution in [0.5, 0.6) is 0 Å². The molecule has 2 aromatic rings. The number of benzene rings is 1. The first-order valence-corrected chi connectivity index (χ1v) is 5.27. The zero-order chi connectivity index (χ0) is 8.84. The zero-order valence-electron chi connectivity index (χ0n) is 7.13. The number of hydrogen-bond donors (Lipinski definition) is 0. The normalized spacial score (nSPS) is 15.2. The third kappa shape index (κ3) is 1.03. The molecule has 0 spiro atoms. The molecule has 1 aromatic carbocycles. The molecule has 0 aliphatic carbocycles. The molecular weight excluding hydrogens is 228 g/mol. The quantitative estimate of drug-likeness (QED) is 0.688. The van der Waals surface area contributed by atoms with Crippen molar-refractivity contribution < 1.29 is 0 Å². The maximum absolute atomic E-state index is 4.38. The van der Waals surface area contributed by atoms with Crippen molar-refractivity contribution in [3.63, 3.8) is 0 Å². The van der Waals surface area contributed by atoms with Crippen molar-refractivity contribution in [3.05, 3.63) is 28.5 Å². The Labute approximate surface area is 84.7 Å². The van der Waals surface area contributed by atoms with Crippen molar-refractivity contribution in [1.29, 1.82) is 0 Å². The van der Waals surface area contributed by atoms with Gasteiger partial charge in [-0.3, -0.25) is 0 Å². The van der Waals surface area contributed by atoms with Crippen molar-refractivity contribution >= 4 is 27.0 Å². The number of aryl methyl sites for hydroxylation is 2. The predicted octanol–water partition coefficient (Wildman–Crippen LogP) is 2.75. The fourth-order valence-corrected chi connectivity index (χ4v) is 2.55. The van der Waals surface area contributed by atoms with E-state index in [2.05, 4.69) is 37.6 Å². The Hall–Kier alpha value is -0.830. The molecule has 0 saturated heterocycles. The van der Waals surface area contributed by atoms with Gasteiger partial charge < -0.3 is 4.57 Å². The molecule has 1 aromatic heterocycles. The molecule has 2 heterocycles. The summed E-state index contributed by atoms with van der Waals surface area (Å²) in [6.45, 7) is 1.12. The molecule has 66 valence electrons. The minimum absolute atomic E-state index is 1.11. The standard InChI is InChI=1S/C10H9BrN2/c11-8-4-7-2-1-3-13-6-12-9(5-8)10(7)13/h4-6H,1-3H2. The van der Waals surface area contributed by atoms with Crippen LogP contribution in [0.1, 0.15) is 12.0 Å². The van der Waals surface area contributed by atoms with Gasteiger partial charge in [0.25, 0.3) is 0 Å². The van der Waals surface area contributed by atoms with Gasteiger partial charge in [0.05, 0.1) is 17.4 Å². The maximum atomic E-state index is 4.38. The average molecular weight is 237 g/mol. The minimum Gasteiger partial charge on any atom is -0.330 e. The molecule has 0 saturated carbocycles. The van der Waals surface area contributed by atoms with E-state index in [1.807, 2.05) is 6.33 Å². The highest BCUT2D eigenvalue weighted by atomic mass is 79.9. The van der Waals surface area contributed by atoms with Crippen molar-refractivity contribution in [2.75, 3.05) is 0 Å². The predicted molar refractivity (Wildman–Crippen MR) is 55.8 cm³/mol. The number of rotatable bonds is 0. The van der Waals surface area contributed by atoms with Crippen LogP contribution in [-0.2, 0) is 13.0 Å². The van der Waals surface area contributed by atoms with Crippen LogP contribution in [0.4, 0.5) is 0 Å². The van der Waals surface area contributed by atoms with Crippen LogP contribution in [0.15, 0.2) is 22.9 Å². The lowest BCUT2D eigenvalue weighted by Crippen LogP contribution is -2.06. The first-order valence-electron chi connectivity index (χ1n) is 4.48. The number of nitrogens with zero attached hydrogens (tertiary/aromatic N) is 2. The van der Waals surface area contributed by atoms with Crippen LogP contribution in [0.2, 0.25) is 0 Å². The molecule has 0 N–H and O–H groups in total. The monoisotopic (exact) mass is 236 g/mol. The summed E-state index contributed by atoms with van der Waals surface area (Å²) in [5.41, 5.74) is 3.87. The van der Waals surface area contributed by atoms with Crippen molar-refractivity contribution in [1.82, 2.24) is 9.55 Å². The molecule has 1 aliphatic rings. The van der Waals surface area contributed by atoms with E-state index in [1.54, 1.807) is 0 Å². The summed E-state index contributed by atoms with van der Waals surface area (Å²) in [4.78, 5) is 4.38. The van der Waals surface area contributed by atoms with Crippen LogP contribution in [0, 0.1) is 0 Å². The van der Waals surface area contributed by atoms with E-state index >= 15 is 0 Å². The van der Waals surface area contributed by atoms with Gasteiger partial charge in [-0.2, -0.15) is 0 Å². The largest absolute Gasteiger partial charge is 0.330 e. The highest BCUT2D eigenvalue weighted by molar-refractivity contribution is 9.10. The van der Waals surface area contributed by atoms with Gasteiger partial charge in [0.2, 0.25) is 0 Å². The molecule has 3 rings (SSSR count). The van der Waals surface area contributed by atoms with E-state index in [1.165, 1.54) is 23.9 Å². The van der Waals surface area contributed by atoms with Crippen molar-refractivity contribution in [2.24, 2.45) is 0 Å². The molecule has 0 fully saturated rings. The third-order valence-electron chi connectivity index (χ3n) is 2.60. The lowest BCUT2D eigenvalue weighted by Gasteiger charge is -2.14. The Morgan fingerprint density at radius 3 is 3.23 bits per heavy atom. The van der Waals surface area contributed by atoms with Crippen LogP contribution in [-0.4, -0.2) is 9.55 Å². The second-order valence-corrected chi connectivity index (χ2v) is 4.39. The fraction of sp³-hybridized carbons (Fsp3) is 0.300. The Balaban J connectivity index is 2.47. The summed E-state index contributed by atoms with van der Waals surface area (Å²) >= 11 is 3.51. The highest BCUT2D eigenvalue weighted by Gasteiger charge is 2.13. The molecular formula is C10H9BrN2. The van der Waals surface area contributed by atoms with Gasteiger partial charge in [-0.1, -0.05) is 15.9 Å². The Bertz CT molecular complexity index is 473. The minimum atomic E-state index is 1.11. The molecule has 13 heavy (non-hydrogen) atoms. The molecule has 0 bridgehead atoms. The molecule has 3 heteroatoms. The van der Waals surface area contributed by atoms with Gasteiger partial charge in [0.1, 0.15) is 0 Å². The van der Waals surface area contributed by atoms with E-state index in [9.17, 15) is 0 Å². The SMILES string of the molecule is Brc1cc2c3c(c1)ncn3CCC2. The van der Waals surface area contributed by atoms with Crippen LogP contribution in [0.3, 0.4) is 0 Å². The zero-order valence-corrected chi connectivity index (χ0v) is 8.71. The number of halogens is 1. The average Bonchev–Trinajstić information content (AvgIpc) is 2.50. The first kappa shape index (κ1) is 7.56. The van der Waals surface area contributed by atoms with E-state index in [0.29, 0.717) is 0 Å². The van der Waals surface area contributed by atoms with Crippen LogP contribution < -0.4 is 0 Å². The molecule has 0 amide bonds. The summed E-state index contributed by atoms with van der Waals surface area (Å²) in [5, 5.41) is 0. The maximum Gasteiger partial charge on any atom is 0.0958 e. The van der Waals surface area contributed by atoms with Gasteiger partial charge in [-0.05, 0) is 30.5 Å². The van der Waals surface area contributed by atoms with E-state index in [0.717, 1.165) is 16.5 Å². The summed E-state index contributed by atoms with van der Waals surface area (Å²) in [6.07, 6.45) is 4.36. The second-order valence-electron chi connectivity index (χ2n) is 3.47. The first-order chi connectivity index (χ1) is 6.34. The van der Waals surface area contributed by atoms with E-state index in [-0.39, 0.29) is 0 Å². The number of aromatic nitrogens is 2. The Kier molecular flexibility index (Phi) is 1.50. The third-order valence-corrected chi connectivity index (χ3v) is 3.06. The molecule has 0 unspecified atom stereocenters. The second kappa shape index (κ2) is 2.58. The summed E-state index contributed by atoms with van der Waals surface area (Å²) in [5.74, 6) is 0. The molecule has 1 aliphatic heterocycles. The van der Waals surface area contributed by atoms with Gasteiger partial charge >= 0.3 is 0 Å². The van der Waals surface area contributed by atoms with Crippen LogP contribution >= 0.6 is 15.9 Å².